The molecule has 0 bridgehead atoms. The minimum atomic E-state index is -1.78. The van der Waals surface area contributed by atoms with Crippen LogP contribution in [0.5, 0.6) is 0 Å². The second-order valence-electron chi connectivity index (χ2n) is 11.2. The molecule has 1 aromatic heterocycles. The Labute approximate surface area is 273 Å². The van der Waals surface area contributed by atoms with Crippen molar-refractivity contribution in [3.05, 3.63) is 52.6 Å². The number of nitrogens with one attached hydrogen (secondary N) is 6. The van der Waals surface area contributed by atoms with Gasteiger partial charge in [-0.15, -0.1) is 0 Å². The molecule has 4 unspecified atom stereocenters. The maximum absolute atomic E-state index is 13.4. The summed E-state index contributed by atoms with van der Waals surface area (Å²) in [6.07, 6.45) is 0.892. The van der Waals surface area contributed by atoms with E-state index in [-0.39, 0.29) is 36.6 Å². The molecule has 0 radical (unpaired) electrons. The van der Waals surface area contributed by atoms with Gasteiger partial charge in [0, 0.05) is 49.5 Å². The average molecular weight is 675 g/mol. The zero-order valence-electron chi connectivity index (χ0n) is 26.3. The summed E-state index contributed by atoms with van der Waals surface area (Å²) in [5.74, 6) is -7.03. The lowest BCUT2D eigenvalue weighted by Crippen LogP contribution is -2.58. The maximum atomic E-state index is 13.4. The Morgan fingerprint density at radius 1 is 0.875 bits per heavy atom. The van der Waals surface area contributed by atoms with Crippen LogP contribution in [0.15, 0.2) is 36.8 Å². The molecule has 19 heteroatoms. The lowest BCUT2D eigenvalue weighted by Gasteiger charge is -2.26. The van der Waals surface area contributed by atoms with Gasteiger partial charge in [0.15, 0.2) is 0 Å². The van der Waals surface area contributed by atoms with Gasteiger partial charge < -0.3 is 41.8 Å². The summed E-state index contributed by atoms with van der Waals surface area (Å²) >= 11 is 0. The Hall–Kier alpha value is -5.88. The minimum Gasteiger partial charge on any atom is -0.481 e. The highest BCUT2D eigenvalue weighted by Crippen LogP contribution is 2.16. The van der Waals surface area contributed by atoms with Crippen LogP contribution >= 0.6 is 0 Å². The van der Waals surface area contributed by atoms with Crippen LogP contribution in [0.25, 0.3) is 0 Å². The number of amides is 5. The van der Waals surface area contributed by atoms with E-state index < -0.39 is 83.4 Å². The first-order valence-corrected chi connectivity index (χ1v) is 14.7. The summed E-state index contributed by atoms with van der Waals surface area (Å²) in [7, 11) is 0. The highest BCUT2D eigenvalue weighted by molar-refractivity contribution is 5.97. The Morgan fingerprint density at radius 3 is 1.98 bits per heavy atom. The molecule has 19 nitrogen and oxygen atoms in total. The molecule has 8 N–H and O–H groups in total. The van der Waals surface area contributed by atoms with Crippen molar-refractivity contribution in [3.63, 3.8) is 0 Å². The number of carbonyl (C=O) groups excluding carboxylic acids is 5. The molecule has 0 aliphatic carbocycles. The maximum Gasteiger partial charge on any atom is 0.326 e. The Bertz CT molecular complexity index is 1480. The van der Waals surface area contributed by atoms with E-state index >= 15 is 0 Å². The van der Waals surface area contributed by atoms with Crippen LogP contribution in [-0.4, -0.2) is 90.7 Å². The van der Waals surface area contributed by atoms with Crippen LogP contribution in [0.3, 0.4) is 0 Å². The number of hydrogen-bond acceptors (Lipinski definition) is 10. The second kappa shape index (κ2) is 18.3. The van der Waals surface area contributed by atoms with E-state index in [4.69, 9.17) is 0 Å². The minimum absolute atomic E-state index is 0.0419. The van der Waals surface area contributed by atoms with Gasteiger partial charge >= 0.3 is 11.9 Å². The van der Waals surface area contributed by atoms with Crippen molar-refractivity contribution in [2.24, 2.45) is 5.92 Å². The lowest BCUT2D eigenvalue weighted by molar-refractivity contribution is -0.384. The summed E-state index contributed by atoms with van der Waals surface area (Å²) in [6.45, 7) is 4.82. The van der Waals surface area contributed by atoms with Crippen LogP contribution in [0, 0.1) is 16.0 Å². The molecule has 1 heterocycles. The van der Waals surface area contributed by atoms with E-state index in [0.29, 0.717) is 5.69 Å². The number of carbonyl (C=O) groups is 7. The zero-order valence-corrected chi connectivity index (χ0v) is 26.3. The first-order valence-electron chi connectivity index (χ1n) is 14.7. The Balaban J connectivity index is 2.24. The monoisotopic (exact) mass is 674 g/mol. The molecular weight excluding hydrogens is 636 g/mol. The molecule has 260 valence electrons. The number of carboxylic acid groups (broad SMARTS) is 2. The van der Waals surface area contributed by atoms with E-state index in [9.17, 15) is 53.9 Å². The van der Waals surface area contributed by atoms with Gasteiger partial charge in [-0.1, -0.05) is 13.8 Å². The number of nitrogens with zero attached hydrogens (tertiary/aromatic N) is 2. The number of hydrogen-bond donors (Lipinski definition) is 8. The summed E-state index contributed by atoms with van der Waals surface area (Å²) in [4.78, 5) is 104. The SMILES string of the molecule is CC(=O)NC(CC(C)C)C(=O)NC(CCC(=O)O)C(=O)NC(Cc1cnc[nH]1)C(=O)NC(CC(=O)Nc1ccc([N+](=O)[O-])cc1)C(=O)O. The predicted molar refractivity (Wildman–Crippen MR) is 166 cm³/mol. The molecular formula is C29H38N8O11. The number of carboxylic acids is 2. The van der Waals surface area contributed by atoms with Crippen LogP contribution < -0.4 is 26.6 Å². The third-order valence-corrected chi connectivity index (χ3v) is 6.66. The Morgan fingerprint density at radius 2 is 1.46 bits per heavy atom. The Kier molecular flexibility index (Phi) is 14.6. The van der Waals surface area contributed by atoms with Gasteiger partial charge in [0.2, 0.25) is 29.5 Å². The quantitative estimate of drug-likeness (QED) is 0.0713. The third-order valence-electron chi connectivity index (χ3n) is 6.66. The van der Waals surface area contributed by atoms with Crippen molar-refractivity contribution in [1.29, 1.82) is 0 Å². The molecule has 0 aliphatic rings. The van der Waals surface area contributed by atoms with Crippen LogP contribution in [-0.2, 0) is 40.0 Å². The fraction of sp³-hybridized carbons (Fsp3) is 0.448. The normalized spacial score (nSPS) is 13.2. The van der Waals surface area contributed by atoms with Gasteiger partial charge in [-0.3, -0.25) is 38.9 Å². The number of anilines is 1. The number of benzene rings is 1. The molecule has 4 atom stereocenters. The molecule has 0 spiro atoms. The largest absolute Gasteiger partial charge is 0.481 e. The molecule has 2 aromatic rings. The molecule has 0 fully saturated rings. The summed E-state index contributed by atoms with van der Waals surface area (Å²) in [5, 5.41) is 41.7. The first-order chi connectivity index (χ1) is 22.5. The number of rotatable bonds is 19. The number of imidazole rings is 1. The van der Waals surface area contributed by atoms with Crippen molar-refractivity contribution in [1.82, 2.24) is 31.2 Å². The standard InChI is InChI=1S/C29H38N8O11/c1-15(2)10-21(32-16(3)38)27(43)34-20(8-9-25(40)41)26(42)35-22(11-18-13-30-14-31-18)28(44)36-23(29(45)46)12-24(39)33-17-4-6-19(7-5-17)37(47)48/h4-7,13-15,20-23H,8-12H2,1-3H3,(H,30,31)(H,32,38)(H,33,39)(H,34,43)(H,35,42)(H,36,44)(H,40,41)(H,45,46). The number of aliphatic carboxylic acids is 2. The van der Waals surface area contributed by atoms with Gasteiger partial charge in [0.1, 0.15) is 24.2 Å². The number of H-pyrrole nitrogens is 1. The molecule has 0 saturated carbocycles. The van der Waals surface area contributed by atoms with Crippen molar-refractivity contribution in [2.45, 2.75) is 77.0 Å². The predicted octanol–water partition coefficient (Wildman–Crippen LogP) is -0.156. The average Bonchev–Trinajstić information content (AvgIpc) is 3.50. The lowest BCUT2D eigenvalue weighted by atomic mass is 10.0. The van der Waals surface area contributed by atoms with Crippen LogP contribution in [0.2, 0.25) is 0 Å². The summed E-state index contributed by atoms with van der Waals surface area (Å²) in [6, 6.07) is -1.06. The number of non-ortho nitro benzene ring substituents is 1. The molecule has 5 amide bonds. The number of aromatic nitrogens is 2. The highest BCUT2D eigenvalue weighted by atomic mass is 16.6. The van der Waals surface area contributed by atoms with E-state index in [0.717, 1.165) is 12.1 Å². The van der Waals surface area contributed by atoms with E-state index in [1.807, 2.05) is 0 Å². The second-order valence-corrected chi connectivity index (χ2v) is 11.2. The molecule has 0 aliphatic heterocycles. The molecule has 48 heavy (non-hydrogen) atoms. The number of nitro benzene ring substituents is 1. The van der Waals surface area contributed by atoms with Gasteiger partial charge in [0.05, 0.1) is 17.7 Å². The highest BCUT2D eigenvalue weighted by Gasteiger charge is 2.32. The van der Waals surface area contributed by atoms with Crippen molar-refractivity contribution >= 4 is 52.8 Å². The molecule has 2 rings (SSSR count). The number of aromatic amines is 1. The third kappa shape index (κ3) is 13.2. The van der Waals surface area contributed by atoms with Crippen molar-refractivity contribution in [3.8, 4) is 0 Å². The first kappa shape index (κ1) is 38.3. The molecule has 1 aromatic carbocycles. The smallest absolute Gasteiger partial charge is 0.326 e. The van der Waals surface area contributed by atoms with Gasteiger partial charge in [-0.05, 0) is 30.9 Å². The van der Waals surface area contributed by atoms with E-state index in [2.05, 4.69) is 36.6 Å². The van der Waals surface area contributed by atoms with E-state index in [1.165, 1.54) is 31.6 Å². The fourth-order valence-electron chi connectivity index (χ4n) is 4.39. The van der Waals surface area contributed by atoms with Gasteiger partial charge in [0.25, 0.3) is 5.69 Å². The van der Waals surface area contributed by atoms with Crippen molar-refractivity contribution in [2.75, 3.05) is 5.32 Å². The summed E-state index contributed by atoms with van der Waals surface area (Å²) in [5.41, 5.74) is 0.239. The van der Waals surface area contributed by atoms with Gasteiger partial charge in [-0.25, -0.2) is 9.78 Å². The topological polar surface area (TPSA) is 292 Å². The van der Waals surface area contributed by atoms with Crippen LogP contribution in [0.4, 0.5) is 11.4 Å². The fourth-order valence-corrected chi connectivity index (χ4v) is 4.39. The summed E-state index contributed by atoms with van der Waals surface area (Å²) < 4.78 is 0. The van der Waals surface area contributed by atoms with Crippen LogP contribution in [0.1, 0.15) is 52.1 Å². The number of nitro groups is 1. The van der Waals surface area contributed by atoms with E-state index in [1.54, 1.807) is 13.8 Å². The van der Waals surface area contributed by atoms with Gasteiger partial charge in [-0.2, -0.15) is 0 Å². The van der Waals surface area contributed by atoms with Crippen molar-refractivity contribution < 1.29 is 48.7 Å². The zero-order chi connectivity index (χ0) is 36.0. The molecule has 0 saturated heterocycles.